The van der Waals surface area contributed by atoms with Crippen LogP contribution >= 0.6 is 0 Å². The van der Waals surface area contributed by atoms with E-state index in [1.165, 1.54) is 21.9 Å². The lowest BCUT2D eigenvalue weighted by Gasteiger charge is -2.15. The molecule has 0 saturated carbocycles. The summed E-state index contributed by atoms with van der Waals surface area (Å²) in [5.74, 6) is 1.80. The first-order valence-electron chi connectivity index (χ1n) is 21.2. The molecule has 6 nitrogen and oxygen atoms in total. The predicted octanol–water partition coefficient (Wildman–Crippen LogP) is 14.6. The minimum atomic E-state index is 0.580. The Morgan fingerprint density at radius 2 is 0.905 bits per heavy atom. The summed E-state index contributed by atoms with van der Waals surface area (Å²) in [5, 5.41) is 6.64. The molecular weight excluding hydrogens is 771 g/mol. The van der Waals surface area contributed by atoms with Crippen LogP contribution in [0.2, 0.25) is 0 Å². The summed E-state index contributed by atoms with van der Waals surface area (Å²) in [6.45, 7) is 0. The van der Waals surface area contributed by atoms with E-state index >= 15 is 0 Å². The van der Waals surface area contributed by atoms with Gasteiger partial charge in [0.05, 0.1) is 33.1 Å². The van der Waals surface area contributed by atoms with Gasteiger partial charge in [-0.1, -0.05) is 158 Å². The monoisotopic (exact) mass is 805 g/mol. The molecule has 13 rings (SSSR count). The molecule has 294 valence electrons. The first kappa shape index (κ1) is 35.2. The number of fused-ring (bicyclic) bond motifs is 10. The third-order valence-electron chi connectivity index (χ3n) is 12.4. The van der Waals surface area contributed by atoms with Crippen molar-refractivity contribution in [3.8, 4) is 56.7 Å². The highest BCUT2D eigenvalue weighted by Crippen LogP contribution is 2.46. The van der Waals surface area contributed by atoms with Crippen molar-refractivity contribution >= 4 is 65.6 Å². The number of aromatic nitrogens is 5. The lowest BCUT2D eigenvalue weighted by Crippen LogP contribution is -2.01. The Labute approximate surface area is 361 Å². The molecule has 0 bridgehead atoms. The Bertz CT molecular complexity index is 3830. The fourth-order valence-corrected chi connectivity index (χ4v) is 9.61. The van der Waals surface area contributed by atoms with Crippen molar-refractivity contribution < 1.29 is 4.42 Å². The van der Waals surface area contributed by atoms with Gasteiger partial charge in [-0.25, -0.2) is 15.0 Å². The van der Waals surface area contributed by atoms with Gasteiger partial charge in [-0.2, -0.15) is 0 Å². The lowest BCUT2D eigenvalue weighted by atomic mass is 10.0. The van der Waals surface area contributed by atoms with Crippen LogP contribution in [0.5, 0.6) is 0 Å². The smallest absolute Gasteiger partial charge is 0.164 e. The SMILES string of the molecule is c1ccc(-c2ccc3c(c2)c2ccccc2n3-c2cccc3c4ccc5oc6cccc(-c7nc(-c8ccccc8)nc(-c8ccccc8)n7)c6c5c4n(-c4ccccc4)c23)cc1. The second-order valence-corrected chi connectivity index (χ2v) is 15.9. The summed E-state index contributed by atoms with van der Waals surface area (Å²) in [4.78, 5) is 15.4. The fourth-order valence-electron chi connectivity index (χ4n) is 9.61. The van der Waals surface area contributed by atoms with Gasteiger partial charge in [0.25, 0.3) is 0 Å². The number of benzene rings is 9. The molecule has 0 fully saturated rings. The van der Waals surface area contributed by atoms with Gasteiger partial charge in [0, 0.05) is 49.3 Å². The summed E-state index contributed by atoms with van der Waals surface area (Å²) >= 11 is 0. The molecule has 0 N–H and O–H groups in total. The number of nitrogens with zero attached hydrogens (tertiary/aromatic N) is 5. The van der Waals surface area contributed by atoms with Crippen LogP contribution in [0.3, 0.4) is 0 Å². The van der Waals surface area contributed by atoms with Crippen LogP contribution in [-0.4, -0.2) is 24.1 Å². The Balaban J connectivity index is 1.14. The van der Waals surface area contributed by atoms with Crippen LogP contribution in [0.4, 0.5) is 0 Å². The number of hydrogen-bond acceptors (Lipinski definition) is 4. The Hall–Kier alpha value is -8.61. The van der Waals surface area contributed by atoms with Gasteiger partial charge in [-0.05, 0) is 65.7 Å². The quantitative estimate of drug-likeness (QED) is 0.168. The molecule has 4 aromatic heterocycles. The summed E-state index contributed by atoms with van der Waals surface area (Å²) in [5.41, 5.74) is 13.2. The van der Waals surface area contributed by atoms with E-state index in [1.54, 1.807) is 0 Å². The van der Waals surface area contributed by atoms with Crippen molar-refractivity contribution in [1.29, 1.82) is 0 Å². The molecule has 0 atom stereocenters. The van der Waals surface area contributed by atoms with Crippen molar-refractivity contribution in [2.75, 3.05) is 0 Å². The van der Waals surface area contributed by atoms with Crippen LogP contribution in [0.1, 0.15) is 0 Å². The highest BCUT2D eigenvalue weighted by atomic mass is 16.3. The molecular formula is C57H35N5O. The average Bonchev–Trinajstić information content (AvgIpc) is 4.02. The van der Waals surface area contributed by atoms with Crippen LogP contribution < -0.4 is 0 Å². The van der Waals surface area contributed by atoms with Gasteiger partial charge in [0.15, 0.2) is 17.5 Å². The maximum absolute atomic E-state index is 6.82. The van der Waals surface area contributed by atoms with Gasteiger partial charge >= 0.3 is 0 Å². The lowest BCUT2D eigenvalue weighted by molar-refractivity contribution is 0.669. The van der Waals surface area contributed by atoms with Gasteiger partial charge < -0.3 is 13.6 Å². The molecule has 0 amide bonds. The van der Waals surface area contributed by atoms with E-state index in [-0.39, 0.29) is 0 Å². The van der Waals surface area contributed by atoms with Crippen molar-refractivity contribution in [2.45, 2.75) is 0 Å². The molecule has 9 aromatic carbocycles. The zero-order chi connectivity index (χ0) is 41.4. The largest absolute Gasteiger partial charge is 0.456 e. The standard InChI is InChI=1S/C57H35N5O/c1-5-17-36(18-6-1)39-31-33-47-45(35-39)41-25-13-14-28-46(41)62(47)48-29-15-26-42-43-32-34-50-52(54(43)61(53(42)48)40-23-11-4-12-24-40)51-44(27-16-30-49(51)63-50)57-59-55(37-19-7-2-8-20-37)58-56(60-57)38-21-9-3-10-22-38/h1-35H. The van der Waals surface area contributed by atoms with Crippen LogP contribution in [-0.2, 0) is 0 Å². The molecule has 13 aromatic rings. The second kappa shape index (κ2) is 14.0. The highest BCUT2D eigenvalue weighted by molar-refractivity contribution is 6.27. The fraction of sp³-hybridized carbons (Fsp3) is 0. The summed E-state index contributed by atoms with van der Waals surface area (Å²) in [7, 11) is 0. The van der Waals surface area contributed by atoms with Crippen molar-refractivity contribution in [3.63, 3.8) is 0 Å². The van der Waals surface area contributed by atoms with Gasteiger partial charge in [-0.3, -0.25) is 0 Å². The topological polar surface area (TPSA) is 61.7 Å². The molecule has 0 aliphatic heterocycles. The first-order valence-corrected chi connectivity index (χ1v) is 21.2. The third-order valence-corrected chi connectivity index (χ3v) is 12.4. The van der Waals surface area contributed by atoms with Gasteiger partial charge in [0.2, 0.25) is 0 Å². The average molecular weight is 806 g/mol. The van der Waals surface area contributed by atoms with Crippen molar-refractivity contribution in [3.05, 3.63) is 212 Å². The first-order chi connectivity index (χ1) is 31.3. The van der Waals surface area contributed by atoms with Crippen molar-refractivity contribution in [1.82, 2.24) is 24.1 Å². The Kier molecular flexibility index (Phi) is 7.80. The maximum Gasteiger partial charge on any atom is 0.164 e. The zero-order valence-electron chi connectivity index (χ0n) is 33.9. The molecule has 0 aliphatic carbocycles. The molecule has 4 heterocycles. The molecule has 0 radical (unpaired) electrons. The van der Waals surface area contributed by atoms with E-state index in [9.17, 15) is 0 Å². The van der Waals surface area contributed by atoms with Crippen LogP contribution in [0.15, 0.2) is 217 Å². The Morgan fingerprint density at radius 1 is 0.333 bits per heavy atom. The number of rotatable bonds is 6. The van der Waals surface area contributed by atoms with Crippen LogP contribution in [0, 0.1) is 0 Å². The van der Waals surface area contributed by atoms with Gasteiger partial charge in [0.1, 0.15) is 11.2 Å². The van der Waals surface area contributed by atoms with Gasteiger partial charge in [-0.15, -0.1) is 0 Å². The molecule has 0 unspecified atom stereocenters. The number of hydrogen-bond donors (Lipinski definition) is 0. The zero-order valence-corrected chi connectivity index (χ0v) is 33.9. The second-order valence-electron chi connectivity index (χ2n) is 15.9. The minimum Gasteiger partial charge on any atom is -0.456 e. The summed E-state index contributed by atoms with van der Waals surface area (Å²) in [6.07, 6.45) is 0. The van der Waals surface area contributed by atoms with E-state index < -0.39 is 0 Å². The maximum atomic E-state index is 6.82. The molecule has 0 aliphatic rings. The summed E-state index contributed by atoms with van der Waals surface area (Å²) < 4.78 is 11.7. The molecule has 0 spiro atoms. The number of para-hydroxylation sites is 3. The molecule has 0 saturated heterocycles. The third kappa shape index (κ3) is 5.48. The summed E-state index contributed by atoms with van der Waals surface area (Å²) in [6, 6.07) is 74.4. The van der Waals surface area contributed by atoms with E-state index in [4.69, 9.17) is 19.4 Å². The Morgan fingerprint density at radius 3 is 1.63 bits per heavy atom. The van der Waals surface area contributed by atoms with E-state index in [0.29, 0.717) is 17.5 Å². The normalized spacial score (nSPS) is 11.8. The van der Waals surface area contributed by atoms with Crippen LogP contribution in [0.25, 0.3) is 122 Å². The van der Waals surface area contributed by atoms with E-state index in [0.717, 1.165) is 82.8 Å². The van der Waals surface area contributed by atoms with E-state index in [1.807, 2.05) is 72.8 Å². The molecule has 6 heteroatoms. The predicted molar refractivity (Wildman–Crippen MR) is 258 cm³/mol. The molecule has 63 heavy (non-hydrogen) atoms. The van der Waals surface area contributed by atoms with E-state index in [2.05, 4.69) is 149 Å². The minimum absolute atomic E-state index is 0.580. The van der Waals surface area contributed by atoms with Crippen molar-refractivity contribution in [2.24, 2.45) is 0 Å². The highest BCUT2D eigenvalue weighted by Gasteiger charge is 2.25. The number of furan rings is 1.